The maximum Gasteiger partial charge on any atom is 0.309 e. The smallest absolute Gasteiger partial charge is 0.309 e. The number of nitrogens with zero attached hydrogens (tertiary/aromatic N) is 1. The summed E-state index contributed by atoms with van der Waals surface area (Å²) in [5.74, 6) is 2.54. The van der Waals surface area contributed by atoms with E-state index in [0.29, 0.717) is 5.92 Å². The van der Waals surface area contributed by atoms with Gasteiger partial charge in [0, 0.05) is 36.6 Å². The molecule has 0 amide bonds. The van der Waals surface area contributed by atoms with Crippen molar-refractivity contribution in [2.45, 2.75) is 89.4 Å². The molecule has 4 aliphatic rings. The van der Waals surface area contributed by atoms with Gasteiger partial charge < -0.3 is 14.2 Å². The Balaban J connectivity index is 1.15. The fraction of sp³-hybridized carbons (Fsp3) is 0.594. The van der Waals surface area contributed by atoms with Crippen LogP contribution in [0.15, 0.2) is 30.3 Å². The molecule has 1 saturated carbocycles. The first-order chi connectivity index (χ1) is 18.2. The van der Waals surface area contributed by atoms with Crippen LogP contribution in [0.25, 0.3) is 0 Å². The average Bonchev–Trinajstić information content (AvgIpc) is 3.66. The van der Waals surface area contributed by atoms with Crippen LogP contribution in [0.4, 0.5) is 0 Å². The van der Waals surface area contributed by atoms with E-state index in [1.54, 1.807) is 0 Å². The van der Waals surface area contributed by atoms with Crippen molar-refractivity contribution in [2.24, 2.45) is 11.8 Å². The monoisotopic (exact) mass is 537 g/mol. The summed E-state index contributed by atoms with van der Waals surface area (Å²) in [6.07, 6.45) is 7.38. The number of rotatable bonds is 6. The normalized spacial score (nSPS) is 23.1. The molecule has 5 nitrogen and oxygen atoms in total. The molecule has 6 heteroatoms. The highest BCUT2D eigenvalue weighted by Crippen LogP contribution is 2.49. The molecule has 2 fully saturated rings. The molecular formula is C32H40ClNO4. The largest absolute Gasteiger partial charge is 0.487 e. The van der Waals surface area contributed by atoms with Crippen molar-refractivity contribution in [1.29, 1.82) is 0 Å². The van der Waals surface area contributed by atoms with Gasteiger partial charge in [-0.05, 0) is 99.1 Å². The number of carbonyl (C=O) groups excluding carboxylic acids is 1. The zero-order chi connectivity index (χ0) is 26.7. The van der Waals surface area contributed by atoms with Gasteiger partial charge in [-0.3, -0.25) is 9.69 Å². The lowest BCUT2D eigenvalue weighted by atomic mass is 9.80. The number of methoxy groups -OCH3 is 1. The summed E-state index contributed by atoms with van der Waals surface area (Å²) in [6, 6.07) is 10.8. The summed E-state index contributed by atoms with van der Waals surface area (Å²) in [5.41, 5.74) is 4.63. The number of hydrogen-bond acceptors (Lipinski definition) is 5. The molecule has 0 radical (unpaired) electrons. The number of hydrogen-bond donors (Lipinski definition) is 0. The number of aryl methyl sites for hydroxylation is 1. The van der Waals surface area contributed by atoms with Crippen LogP contribution in [-0.4, -0.2) is 42.3 Å². The van der Waals surface area contributed by atoms with Gasteiger partial charge >= 0.3 is 5.97 Å². The molecule has 0 bridgehead atoms. The first-order valence-electron chi connectivity index (χ1n) is 14.3. The van der Waals surface area contributed by atoms with E-state index in [9.17, 15) is 4.79 Å². The highest BCUT2D eigenvalue weighted by Gasteiger charge is 2.42. The molecular weight excluding hydrogens is 498 g/mol. The molecule has 2 aromatic rings. The number of piperidine rings is 1. The van der Waals surface area contributed by atoms with Crippen molar-refractivity contribution in [3.8, 4) is 11.5 Å². The number of carbonyl (C=O) groups is 1. The second kappa shape index (κ2) is 9.75. The molecule has 3 aliphatic heterocycles. The minimum atomic E-state index is -0.178. The third kappa shape index (κ3) is 5.04. The van der Waals surface area contributed by atoms with Crippen molar-refractivity contribution in [3.05, 3.63) is 57.6 Å². The fourth-order valence-electron chi connectivity index (χ4n) is 7.06. The minimum Gasteiger partial charge on any atom is -0.487 e. The van der Waals surface area contributed by atoms with E-state index in [0.717, 1.165) is 68.3 Å². The third-order valence-corrected chi connectivity index (χ3v) is 9.48. The lowest BCUT2D eigenvalue weighted by Crippen LogP contribution is -2.49. The molecule has 2 aromatic carbocycles. The van der Waals surface area contributed by atoms with Gasteiger partial charge in [-0.2, -0.15) is 0 Å². The van der Waals surface area contributed by atoms with Gasteiger partial charge in [-0.1, -0.05) is 30.7 Å². The van der Waals surface area contributed by atoms with Crippen molar-refractivity contribution < 1.29 is 19.0 Å². The Labute approximate surface area is 231 Å². The van der Waals surface area contributed by atoms with Gasteiger partial charge in [0.25, 0.3) is 0 Å². The lowest BCUT2D eigenvalue weighted by Gasteiger charge is -2.45. The third-order valence-electron chi connectivity index (χ3n) is 9.26. The minimum absolute atomic E-state index is 0.111. The Kier molecular flexibility index (Phi) is 6.67. The molecule has 1 spiro atoms. The number of fused-ring (bicyclic) bond motifs is 2. The molecule has 0 aromatic heterocycles. The van der Waals surface area contributed by atoms with Crippen molar-refractivity contribution in [1.82, 2.24) is 4.90 Å². The molecule has 204 valence electrons. The standard InChI is InChI=1S/C32H40ClNO4/c1-20(30(35)36-4)28(22-6-7-22)23-8-5-21-9-10-32(37-27(21)17-23)11-13-34(14-12-32)19-25-16-26(33)15-24-18-31(2,3)38-29(24)25/h5,8,15-17,20,22,28H,6-7,9-14,18-19H2,1-4H3. The van der Waals surface area contributed by atoms with E-state index in [-0.39, 0.29) is 29.0 Å². The Morgan fingerprint density at radius 2 is 1.87 bits per heavy atom. The quantitative estimate of drug-likeness (QED) is 0.383. The number of benzene rings is 2. The van der Waals surface area contributed by atoms with Crippen molar-refractivity contribution in [2.75, 3.05) is 20.2 Å². The predicted octanol–water partition coefficient (Wildman–Crippen LogP) is 6.72. The predicted molar refractivity (Wildman–Crippen MR) is 149 cm³/mol. The summed E-state index contributed by atoms with van der Waals surface area (Å²) in [5, 5.41) is 0.794. The average molecular weight is 538 g/mol. The summed E-state index contributed by atoms with van der Waals surface area (Å²) in [4.78, 5) is 14.9. The van der Waals surface area contributed by atoms with E-state index >= 15 is 0 Å². The van der Waals surface area contributed by atoms with Gasteiger partial charge in [-0.25, -0.2) is 0 Å². The van der Waals surface area contributed by atoms with Gasteiger partial charge in [0.2, 0.25) is 0 Å². The summed E-state index contributed by atoms with van der Waals surface area (Å²) in [6.45, 7) is 9.12. The van der Waals surface area contributed by atoms with Crippen molar-refractivity contribution in [3.63, 3.8) is 0 Å². The van der Waals surface area contributed by atoms with Crippen LogP contribution < -0.4 is 9.47 Å². The molecule has 2 atom stereocenters. The van der Waals surface area contributed by atoms with Gasteiger partial charge in [0.1, 0.15) is 22.7 Å². The zero-order valence-electron chi connectivity index (χ0n) is 23.1. The van der Waals surface area contributed by atoms with Crippen LogP contribution in [0.2, 0.25) is 5.02 Å². The van der Waals surface area contributed by atoms with Crippen LogP contribution in [0.5, 0.6) is 11.5 Å². The maximum absolute atomic E-state index is 12.4. The molecule has 3 heterocycles. The van der Waals surface area contributed by atoms with E-state index in [2.05, 4.69) is 49.1 Å². The number of ether oxygens (including phenoxy) is 3. The first-order valence-corrected chi connectivity index (χ1v) is 14.7. The Bertz CT molecular complexity index is 1230. The zero-order valence-corrected chi connectivity index (χ0v) is 23.9. The van der Waals surface area contributed by atoms with Crippen LogP contribution in [-0.2, 0) is 28.9 Å². The molecule has 2 unspecified atom stereocenters. The summed E-state index contributed by atoms with van der Waals surface area (Å²) in [7, 11) is 1.49. The van der Waals surface area contributed by atoms with Crippen LogP contribution >= 0.6 is 11.6 Å². The Morgan fingerprint density at radius 1 is 1.11 bits per heavy atom. The highest BCUT2D eigenvalue weighted by atomic mass is 35.5. The molecule has 1 saturated heterocycles. The first kappa shape index (κ1) is 26.0. The van der Waals surface area contributed by atoms with Gasteiger partial charge in [0.15, 0.2) is 0 Å². The molecule has 1 aliphatic carbocycles. The highest BCUT2D eigenvalue weighted by molar-refractivity contribution is 6.30. The molecule has 6 rings (SSSR count). The second-order valence-electron chi connectivity index (χ2n) is 12.7. The van der Waals surface area contributed by atoms with E-state index < -0.39 is 0 Å². The van der Waals surface area contributed by atoms with E-state index in [4.69, 9.17) is 25.8 Å². The van der Waals surface area contributed by atoms with Crippen molar-refractivity contribution >= 4 is 17.6 Å². The Morgan fingerprint density at radius 3 is 2.58 bits per heavy atom. The van der Waals surface area contributed by atoms with Crippen LogP contribution in [0.3, 0.4) is 0 Å². The second-order valence-corrected chi connectivity index (χ2v) is 13.1. The summed E-state index contributed by atoms with van der Waals surface area (Å²) < 4.78 is 18.3. The van der Waals surface area contributed by atoms with E-state index in [1.165, 1.54) is 42.2 Å². The molecule has 38 heavy (non-hydrogen) atoms. The summed E-state index contributed by atoms with van der Waals surface area (Å²) >= 11 is 6.49. The van der Waals surface area contributed by atoms with E-state index in [1.807, 2.05) is 6.92 Å². The SMILES string of the molecule is COC(=O)C(C)C(c1ccc2c(c1)OC1(CC2)CCN(Cc2cc(Cl)cc3c2OC(C)(C)C3)CC1)C1CC1. The number of esters is 1. The lowest BCUT2D eigenvalue weighted by molar-refractivity contribution is -0.145. The number of halogens is 1. The topological polar surface area (TPSA) is 48.0 Å². The fourth-order valence-corrected chi connectivity index (χ4v) is 7.32. The van der Waals surface area contributed by atoms with Gasteiger partial charge in [-0.15, -0.1) is 0 Å². The Hall–Kier alpha value is -2.24. The maximum atomic E-state index is 12.4. The van der Waals surface area contributed by atoms with Crippen LogP contribution in [0, 0.1) is 11.8 Å². The van der Waals surface area contributed by atoms with Crippen LogP contribution in [0.1, 0.15) is 81.0 Å². The van der Waals surface area contributed by atoms with Gasteiger partial charge in [0.05, 0.1) is 13.0 Å². The number of likely N-dealkylation sites (tertiary alicyclic amines) is 1. The molecule has 0 N–H and O–H groups in total.